The van der Waals surface area contributed by atoms with Crippen molar-refractivity contribution in [2.24, 2.45) is 0 Å². The van der Waals surface area contributed by atoms with E-state index in [1.807, 2.05) is 11.5 Å². The molecule has 0 aliphatic heterocycles. The highest BCUT2D eigenvalue weighted by Gasteiger charge is 2.14. The molecule has 0 aliphatic carbocycles. The Morgan fingerprint density at radius 1 is 1.31 bits per heavy atom. The van der Waals surface area contributed by atoms with E-state index in [0.717, 1.165) is 25.2 Å². The summed E-state index contributed by atoms with van der Waals surface area (Å²) in [6.07, 6.45) is 1.84. The van der Waals surface area contributed by atoms with Crippen LogP contribution in [0.3, 0.4) is 0 Å². The normalized spacial score (nSPS) is 10.6. The van der Waals surface area contributed by atoms with Crippen molar-refractivity contribution in [3.05, 3.63) is 34.6 Å². The Kier molecular flexibility index (Phi) is 7.47. The minimum Gasteiger partial charge on any atom is -0.465 e. The molecular weight excluding hydrogens is 376 g/mol. The van der Waals surface area contributed by atoms with Gasteiger partial charge < -0.3 is 14.6 Å². The lowest BCUT2D eigenvalue weighted by atomic mass is 10.2. The first kappa shape index (κ1) is 20.3. The van der Waals surface area contributed by atoms with Crippen molar-refractivity contribution in [3.8, 4) is 0 Å². The number of esters is 1. The van der Waals surface area contributed by atoms with E-state index >= 15 is 0 Å². The molecule has 9 heteroatoms. The topological polar surface area (TPSA) is 86.1 Å². The number of nitrogens with zero attached hydrogens (tertiary/aromatic N) is 3. The van der Waals surface area contributed by atoms with Crippen molar-refractivity contribution in [3.63, 3.8) is 0 Å². The van der Waals surface area contributed by atoms with Gasteiger partial charge in [-0.05, 0) is 31.5 Å². The Morgan fingerprint density at radius 3 is 2.73 bits per heavy atom. The number of rotatable bonds is 8. The molecule has 0 spiro atoms. The van der Waals surface area contributed by atoms with E-state index in [1.165, 1.54) is 31.0 Å². The number of nitrogens with one attached hydrogen (secondary N) is 1. The van der Waals surface area contributed by atoms with Gasteiger partial charge in [-0.1, -0.05) is 30.3 Å². The highest BCUT2D eigenvalue weighted by Crippen LogP contribution is 2.24. The zero-order chi connectivity index (χ0) is 19.1. The van der Waals surface area contributed by atoms with E-state index < -0.39 is 5.97 Å². The number of methoxy groups -OCH3 is 1. The van der Waals surface area contributed by atoms with Gasteiger partial charge in [0.15, 0.2) is 5.16 Å². The van der Waals surface area contributed by atoms with Crippen molar-refractivity contribution in [1.29, 1.82) is 0 Å². The molecule has 0 radical (unpaired) electrons. The largest absolute Gasteiger partial charge is 0.465 e. The minimum absolute atomic E-state index is 0.156. The summed E-state index contributed by atoms with van der Waals surface area (Å²) in [6.45, 7) is 4.85. The second-order valence-corrected chi connectivity index (χ2v) is 6.77. The van der Waals surface area contributed by atoms with E-state index in [-0.39, 0.29) is 11.7 Å². The predicted octanol–water partition coefficient (Wildman–Crippen LogP) is 3.42. The minimum atomic E-state index is -0.494. The van der Waals surface area contributed by atoms with Crippen LogP contribution in [0.25, 0.3) is 0 Å². The van der Waals surface area contributed by atoms with Crippen LogP contribution in [0.4, 0.5) is 5.69 Å². The number of halogens is 1. The van der Waals surface area contributed by atoms with Gasteiger partial charge in [0.1, 0.15) is 5.82 Å². The molecule has 0 bridgehead atoms. The van der Waals surface area contributed by atoms with Crippen molar-refractivity contribution in [2.75, 3.05) is 18.2 Å². The van der Waals surface area contributed by atoms with Crippen LogP contribution >= 0.6 is 23.4 Å². The maximum atomic E-state index is 12.3. The quantitative estimate of drug-likeness (QED) is 0.543. The zero-order valence-electron chi connectivity index (χ0n) is 14.9. The van der Waals surface area contributed by atoms with E-state index in [1.54, 1.807) is 6.07 Å². The van der Waals surface area contributed by atoms with Crippen molar-refractivity contribution < 1.29 is 14.3 Å². The monoisotopic (exact) mass is 396 g/mol. The standard InChI is InChI=1S/C17H21ClN4O3S/c1-4-6-14-20-21-17(22(14)5-2)26-10-15(23)19-13-9-11(16(24)25-3)7-8-12(13)18/h7-9H,4-6,10H2,1-3H3,(H,19,23). The maximum absolute atomic E-state index is 12.3. The number of ether oxygens (including phenoxy) is 1. The third-order valence-electron chi connectivity index (χ3n) is 3.58. The van der Waals surface area contributed by atoms with Crippen molar-refractivity contribution >= 4 is 40.9 Å². The number of hydrogen-bond donors (Lipinski definition) is 1. The number of anilines is 1. The third kappa shape index (κ3) is 4.98. The molecule has 0 unspecified atom stereocenters. The predicted molar refractivity (Wildman–Crippen MR) is 102 cm³/mol. The molecule has 0 saturated heterocycles. The summed E-state index contributed by atoms with van der Waals surface area (Å²) in [5.41, 5.74) is 0.679. The van der Waals surface area contributed by atoms with Crippen molar-refractivity contribution in [2.45, 2.75) is 38.4 Å². The Morgan fingerprint density at radius 2 is 2.08 bits per heavy atom. The molecule has 7 nitrogen and oxygen atoms in total. The van der Waals surface area contributed by atoms with Gasteiger partial charge in [0, 0.05) is 13.0 Å². The number of amides is 1. The van der Waals surface area contributed by atoms with Crippen LogP contribution in [-0.4, -0.2) is 39.5 Å². The number of thioether (sulfide) groups is 1. The van der Waals surface area contributed by atoms with Gasteiger partial charge in [-0.25, -0.2) is 4.79 Å². The smallest absolute Gasteiger partial charge is 0.337 e. The van der Waals surface area contributed by atoms with Gasteiger partial charge >= 0.3 is 5.97 Å². The van der Waals surface area contributed by atoms with Crippen LogP contribution in [0.15, 0.2) is 23.4 Å². The molecule has 1 aromatic carbocycles. The fourth-order valence-electron chi connectivity index (χ4n) is 2.33. The van der Waals surface area contributed by atoms with Crippen LogP contribution in [0, 0.1) is 0 Å². The van der Waals surface area contributed by atoms with Gasteiger partial charge in [-0.2, -0.15) is 0 Å². The van der Waals surface area contributed by atoms with Crippen LogP contribution in [0.5, 0.6) is 0 Å². The molecule has 0 saturated carbocycles. The van der Waals surface area contributed by atoms with E-state index in [9.17, 15) is 9.59 Å². The molecular formula is C17H21ClN4O3S. The second kappa shape index (κ2) is 9.59. The molecule has 0 atom stereocenters. The van der Waals surface area contributed by atoms with Gasteiger partial charge in [-0.15, -0.1) is 10.2 Å². The summed E-state index contributed by atoms with van der Waals surface area (Å²) in [7, 11) is 1.29. The summed E-state index contributed by atoms with van der Waals surface area (Å²) in [5.74, 6) is 0.336. The van der Waals surface area contributed by atoms with Crippen LogP contribution in [0.2, 0.25) is 5.02 Å². The Bertz CT molecular complexity index is 794. The molecule has 1 aromatic heterocycles. The number of carbonyl (C=O) groups is 2. The third-order valence-corrected chi connectivity index (χ3v) is 4.87. The van der Waals surface area contributed by atoms with Gasteiger partial charge in [0.05, 0.1) is 29.1 Å². The molecule has 0 aliphatic rings. The molecule has 0 fully saturated rings. The summed E-state index contributed by atoms with van der Waals surface area (Å²) < 4.78 is 6.68. The van der Waals surface area contributed by atoms with Crippen LogP contribution in [-0.2, 0) is 22.5 Å². The highest BCUT2D eigenvalue weighted by atomic mass is 35.5. The fraction of sp³-hybridized carbons (Fsp3) is 0.412. The zero-order valence-corrected chi connectivity index (χ0v) is 16.5. The number of carbonyl (C=O) groups excluding carboxylic acids is 2. The highest BCUT2D eigenvalue weighted by molar-refractivity contribution is 7.99. The summed E-state index contributed by atoms with van der Waals surface area (Å²) in [4.78, 5) is 23.9. The summed E-state index contributed by atoms with van der Waals surface area (Å²) in [6, 6.07) is 4.57. The lowest BCUT2D eigenvalue weighted by Gasteiger charge is -2.09. The lowest BCUT2D eigenvalue weighted by molar-refractivity contribution is -0.113. The fourth-order valence-corrected chi connectivity index (χ4v) is 3.32. The maximum Gasteiger partial charge on any atom is 0.337 e. The first-order chi connectivity index (χ1) is 12.5. The SMILES string of the molecule is CCCc1nnc(SCC(=O)Nc2cc(C(=O)OC)ccc2Cl)n1CC. The molecule has 140 valence electrons. The van der Waals surface area contributed by atoms with Gasteiger partial charge in [-0.3, -0.25) is 4.79 Å². The van der Waals surface area contributed by atoms with E-state index in [0.29, 0.717) is 21.4 Å². The Labute approximate surface area is 161 Å². The molecule has 2 rings (SSSR count). The summed E-state index contributed by atoms with van der Waals surface area (Å²) >= 11 is 7.40. The Balaban J connectivity index is 2.02. The number of aryl methyl sites for hydroxylation is 1. The van der Waals surface area contributed by atoms with Crippen LogP contribution in [0.1, 0.15) is 36.5 Å². The molecule has 2 aromatic rings. The average Bonchev–Trinajstić information content (AvgIpc) is 3.03. The molecule has 26 heavy (non-hydrogen) atoms. The lowest BCUT2D eigenvalue weighted by Crippen LogP contribution is -2.15. The number of aromatic nitrogens is 3. The number of benzene rings is 1. The first-order valence-corrected chi connectivity index (χ1v) is 9.59. The molecule has 1 heterocycles. The van der Waals surface area contributed by atoms with Gasteiger partial charge in [0.2, 0.25) is 5.91 Å². The van der Waals surface area contributed by atoms with Gasteiger partial charge in [0.25, 0.3) is 0 Å². The summed E-state index contributed by atoms with van der Waals surface area (Å²) in [5, 5.41) is 12.1. The first-order valence-electron chi connectivity index (χ1n) is 8.22. The van der Waals surface area contributed by atoms with Crippen LogP contribution < -0.4 is 5.32 Å². The van der Waals surface area contributed by atoms with E-state index in [2.05, 4.69) is 27.2 Å². The number of hydrogen-bond acceptors (Lipinski definition) is 6. The molecule has 1 N–H and O–H groups in total. The average molecular weight is 397 g/mol. The van der Waals surface area contributed by atoms with Crippen molar-refractivity contribution in [1.82, 2.24) is 14.8 Å². The Hall–Kier alpha value is -2.06. The molecule has 1 amide bonds. The second-order valence-electron chi connectivity index (χ2n) is 5.42. The van der Waals surface area contributed by atoms with E-state index in [4.69, 9.17) is 11.6 Å².